The maximum absolute atomic E-state index is 13.5. The topological polar surface area (TPSA) is 70.8 Å². The second-order valence-electron chi connectivity index (χ2n) is 6.53. The molecule has 0 saturated carbocycles. The standard InChI is InChI=1S/C18H20FN5O/c1-12-21-18(23-25-12)14-5-3-7-24(10-14)11-15-9-20-22-17(15)13-4-2-6-16(19)8-13/h2,4,6,8-9,14H,3,5,7,10-11H2,1H3,(H,20,22)/t14-/m1/s1. The Kier molecular flexibility index (Phi) is 4.31. The Bertz CT molecular complexity index is 859. The maximum atomic E-state index is 13.5. The SMILES string of the molecule is Cc1nc([C@@H]2CCCN(Cc3cn[nH]c3-c3cccc(F)c3)C2)no1. The predicted octanol–water partition coefficient (Wildman–Crippen LogP) is 3.29. The first-order valence-corrected chi connectivity index (χ1v) is 8.50. The Hall–Kier alpha value is -2.54. The molecule has 4 rings (SSSR count). The summed E-state index contributed by atoms with van der Waals surface area (Å²) in [5.41, 5.74) is 2.75. The Morgan fingerprint density at radius 3 is 3.12 bits per heavy atom. The van der Waals surface area contributed by atoms with Gasteiger partial charge in [0.15, 0.2) is 5.82 Å². The van der Waals surface area contributed by atoms with Gasteiger partial charge in [-0.05, 0) is 31.5 Å². The van der Waals surface area contributed by atoms with Crippen LogP contribution in [0, 0.1) is 12.7 Å². The van der Waals surface area contributed by atoms with E-state index in [4.69, 9.17) is 4.52 Å². The van der Waals surface area contributed by atoms with E-state index in [1.54, 1.807) is 6.07 Å². The lowest BCUT2D eigenvalue weighted by molar-refractivity contribution is 0.195. The lowest BCUT2D eigenvalue weighted by atomic mass is 9.96. The van der Waals surface area contributed by atoms with Crippen LogP contribution in [0.25, 0.3) is 11.3 Å². The summed E-state index contributed by atoms with van der Waals surface area (Å²) >= 11 is 0. The van der Waals surface area contributed by atoms with Crippen LogP contribution in [-0.4, -0.2) is 38.3 Å². The number of benzene rings is 1. The average Bonchev–Trinajstić information content (AvgIpc) is 3.24. The van der Waals surface area contributed by atoms with Crippen molar-refractivity contribution in [2.24, 2.45) is 0 Å². The number of aromatic amines is 1. The number of likely N-dealkylation sites (tertiary alicyclic amines) is 1. The minimum absolute atomic E-state index is 0.247. The summed E-state index contributed by atoms with van der Waals surface area (Å²) in [4.78, 5) is 6.74. The van der Waals surface area contributed by atoms with Crippen molar-refractivity contribution < 1.29 is 8.91 Å². The molecule has 1 atom stereocenters. The van der Waals surface area contributed by atoms with Gasteiger partial charge in [0.05, 0.1) is 11.9 Å². The molecule has 25 heavy (non-hydrogen) atoms. The van der Waals surface area contributed by atoms with Crippen molar-refractivity contribution >= 4 is 0 Å². The van der Waals surface area contributed by atoms with E-state index in [0.717, 1.165) is 55.1 Å². The van der Waals surface area contributed by atoms with Crippen molar-refractivity contribution in [3.63, 3.8) is 0 Å². The predicted molar refractivity (Wildman–Crippen MR) is 90.3 cm³/mol. The Morgan fingerprint density at radius 1 is 1.40 bits per heavy atom. The van der Waals surface area contributed by atoms with E-state index in [-0.39, 0.29) is 11.7 Å². The average molecular weight is 341 g/mol. The number of halogens is 1. The van der Waals surface area contributed by atoms with Gasteiger partial charge in [0, 0.05) is 37.1 Å². The smallest absolute Gasteiger partial charge is 0.223 e. The highest BCUT2D eigenvalue weighted by Crippen LogP contribution is 2.28. The van der Waals surface area contributed by atoms with Crippen LogP contribution in [0.3, 0.4) is 0 Å². The minimum Gasteiger partial charge on any atom is -0.340 e. The van der Waals surface area contributed by atoms with Crippen LogP contribution in [0.2, 0.25) is 0 Å². The molecule has 0 unspecified atom stereocenters. The lowest BCUT2D eigenvalue weighted by Gasteiger charge is -2.31. The number of aryl methyl sites for hydroxylation is 1. The van der Waals surface area contributed by atoms with Gasteiger partial charge in [0.1, 0.15) is 5.82 Å². The highest BCUT2D eigenvalue weighted by Gasteiger charge is 2.25. The molecular formula is C18H20FN5O. The molecule has 3 heterocycles. The van der Waals surface area contributed by atoms with Crippen LogP contribution < -0.4 is 0 Å². The van der Waals surface area contributed by atoms with E-state index >= 15 is 0 Å². The van der Waals surface area contributed by atoms with E-state index in [9.17, 15) is 4.39 Å². The fourth-order valence-corrected chi connectivity index (χ4v) is 3.46. The molecule has 1 aliphatic rings. The zero-order valence-corrected chi connectivity index (χ0v) is 14.1. The molecule has 1 N–H and O–H groups in total. The molecule has 130 valence electrons. The normalized spacial score (nSPS) is 18.6. The van der Waals surface area contributed by atoms with Gasteiger partial charge in [0.2, 0.25) is 5.89 Å². The summed E-state index contributed by atoms with van der Waals surface area (Å²) in [5, 5.41) is 11.2. The number of aromatic nitrogens is 4. The summed E-state index contributed by atoms with van der Waals surface area (Å²) in [6.45, 7) is 4.47. The quantitative estimate of drug-likeness (QED) is 0.788. The second-order valence-corrected chi connectivity index (χ2v) is 6.53. The van der Waals surface area contributed by atoms with Crippen LogP contribution in [0.4, 0.5) is 4.39 Å². The third-order valence-electron chi connectivity index (χ3n) is 4.64. The molecule has 0 aliphatic carbocycles. The number of hydrogen-bond donors (Lipinski definition) is 1. The zero-order valence-electron chi connectivity index (χ0n) is 14.1. The summed E-state index contributed by atoms with van der Waals surface area (Å²) in [6, 6.07) is 6.58. The molecule has 0 spiro atoms. The van der Waals surface area contributed by atoms with Crippen LogP contribution >= 0.6 is 0 Å². The van der Waals surface area contributed by atoms with Gasteiger partial charge in [-0.25, -0.2) is 4.39 Å². The van der Waals surface area contributed by atoms with E-state index in [0.29, 0.717) is 5.89 Å². The molecule has 1 saturated heterocycles. The molecule has 3 aromatic rings. The molecular weight excluding hydrogens is 321 g/mol. The van der Waals surface area contributed by atoms with Crippen molar-refractivity contribution in [1.82, 2.24) is 25.2 Å². The van der Waals surface area contributed by atoms with Crippen molar-refractivity contribution in [2.75, 3.05) is 13.1 Å². The van der Waals surface area contributed by atoms with Gasteiger partial charge in [-0.3, -0.25) is 10.00 Å². The van der Waals surface area contributed by atoms with Gasteiger partial charge in [-0.1, -0.05) is 17.3 Å². The minimum atomic E-state index is -0.247. The summed E-state index contributed by atoms with van der Waals surface area (Å²) in [5.74, 6) is 1.44. The number of hydrogen-bond acceptors (Lipinski definition) is 5. The largest absolute Gasteiger partial charge is 0.340 e. The maximum Gasteiger partial charge on any atom is 0.223 e. The number of nitrogens with one attached hydrogen (secondary N) is 1. The lowest BCUT2D eigenvalue weighted by Crippen LogP contribution is -2.34. The van der Waals surface area contributed by atoms with E-state index in [2.05, 4.69) is 25.2 Å². The fourth-order valence-electron chi connectivity index (χ4n) is 3.46. The molecule has 6 nitrogen and oxygen atoms in total. The highest BCUT2D eigenvalue weighted by molar-refractivity contribution is 5.62. The first kappa shape index (κ1) is 16.0. The van der Waals surface area contributed by atoms with Crippen molar-refractivity contribution in [1.29, 1.82) is 0 Å². The third kappa shape index (κ3) is 3.46. The number of rotatable bonds is 4. The van der Waals surface area contributed by atoms with Gasteiger partial charge < -0.3 is 4.52 Å². The molecule has 1 fully saturated rings. The summed E-state index contributed by atoms with van der Waals surface area (Å²) in [7, 11) is 0. The first-order chi connectivity index (χ1) is 12.2. The zero-order chi connectivity index (χ0) is 17.2. The van der Waals surface area contributed by atoms with E-state index in [1.165, 1.54) is 12.1 Å². The fraction of sp³-hybridized carbons (Fsp3) is 0.389. The summed E-state index contributed by atoms with van der Waals surface area (Å²) < 4.78 is 18.6. The monoisotopic (exact) mass is 341 g/mol. The van der Waals surface area contributed by atoms with Crippen LogP contribution in [0.15, 0.2) is 35.0 Å². The summed E-state index contributed by atoms with van der Waals surface area (Å²) in [6.07, 6.45) is 3.98. The van der Waals surface area contributed by atoms with E-state index in [1.807, 2.05) is 19.2 Å². The van der Waals surface area contributed by atoms with Crippen molar-refractivity contribution in [3.8, 4) is 11.3 Å². The molecule has 1 aliphatic heterocycles. The van der Waals surface area contributed by atoms with Gasteiger partial charge in [-0.2, -0.15) is 10.1 Å². The molecule has 7 heteroatoms. The Balaban J connectivity index is 1.50. The number of nitrogens with zero attached hydrogens (tertiary/aromatic N) is 4. The molecule has 0 amide bonds. The van der Waals surface area contributed by atoms with E-state index < -0.39 is 0 Å². The van der Waals surface area contributed by atoms with Crippen LogP contribution in [0.1, 0.15) is 36.0 Å². The van der Waals surface area contributed by atoms with Gasteiger partial charge >= 0.3 is 0 Å². The van der Waals surface area contributed by atoms with Crippen molar-refractivity contribution in [3.05, 3.63) is 53.6 Å². The molecule has 1 aromatic carbocycles. The number of H-pyrrole nitrogens is 1. The van der Waals surface area contributed by atoms with Crippen LogP contribution in [-0.2, 0) is 6.54 Å². The second kappa shape index (κ2) is 6.76. The molecule has 0 bridgehead atoms. The van der Waals surface area contributed by atoms with Gasteiger partial charge in [-0.15, -0.1) is 0 Å². The van der Waals surface area contributed by atoms with Crippen molar-refractivity contribution in [2.45, 2.75) is 32.2 Å². The Labute approximate surface area is 145 Å². The van der Waals surface area contributed by atoms with Crippen LogP contribution in [0.5, 0.6) is 0 Å². The molecule has 2 aromatic heterocycles. The third-order valence-corrected chi connectivity index (χ3v) is 4.64. The van der Waals surface area contributed by atoms with Gasteiger partial charge in [0.25, 0.3) is 0 Å². The number of piperidine rings is 1. The highest BCUT2D eigenvalue weighted by atomic mass is 19.1. The first-order valence-electron chi connectivity index (χ1n) is 8.50. The molecule has 0 radical (unpaired) electrons. The Morgan fingerprint density at radius 2 is 2.32 bits per heavy atom.